The molecule has 1 unspecified atom stereocenters. The number of nitrogens with zero attached hydrogens (tertiary/aromatic N) is 8. The molecule has 4 aliphatic rings. The number of imidazole rings is 2. The first-order valence-corrected chi connectivity index (χ1v) is 20.6. The van der Waals surface area contributed by atoms with E-state index in [1.54, 1.807) is 59.9 Å². The zero-order chi connectivity index (χ0) is 41.8. The average Bonchev–Trinajstić information content (AvgIpc) is 4.22. The van der Waals surface area contributed by atoms with Crippen molar-refractivity contribution in [3.8, 4) is 34.3 Å². The van der Waals surface area contributed by atoms with Crippen molar-refractivity contribution in [1.82, 2.24) is 49.8 Å². The van der Waals surface area contributed by atoms with Crippen LogP contribution >= 0.6 is 0 Å². The van der Waals surface area contributed by atoms with Crippen LogP contribution in [0.1, 0.15) is 102 Å². The first kappa shape index (κ1) is 40.4. The highest BCUT2D eigenvalue weighted by Gasteiger charge is 2.31. The van der Waals surface area contributed by atoms with Crippen LogP contribution in [0.4, 0.5) is 11.6 Å². The van der Waals surface area contributed by atoms with Crippen LogP contribution in [-0.2, 0) is 0 Å². The van der Waals surface area contributed by atoms with Gasteiger partial charge in [0.25, 0.3) is 11.8 Å². The standard InChI is InChI=1S/C21H25N7O2.C16H16N6O2.C5H11N/c1-30-17-9-18-24-11-16(28(18)27-19(17)12-4-5-12)15-7-6-14(20(22)29)21(26-15)25-13-3-2-8-23-10-13;1-24-12-6-13-19-7-11(22(13)21-14(12)8-2-3-8)10-5-4-9(16(18)23)15(17)20-10;1-2-4-6-5-3-1/h6-7,9,11-13,23H,2-5,8,10H2,1H3,(H2,22,29)(H,25,26);4-8H,2-3H2,1H3,(H2,17,20)(H2,18,23);6H,1-5H2. The molecule has 0 radical (unpaired) electrons. The number of nitrogen functional groups attached to an aromatic ring is 1. The Morgan fingerprint density at radius 3 is 1.67 bits per heavy atom. The van der Waals surface area contributed by atoms with E-state index in [0.29, 0.717) is 51.6 Å². The third-order valence-corrected chi connectivity index (χ3v) is 11.1. The lowest BCUT2D eigenvalue weighted by molar-refractivity contribution is 0.0992. The van der Waals surface area contributed by atoms with Crippen molar-refractivity contribution in [3.05, 3.63) is 71.3 Å². The number of anilines is 2. The highest BCUT2D eigenvalue weighted by atomic mass is 16.5. The van der Waals surface area contributed by atoms with Crippen LogP contribution in [0.15, 0.2) is 48.8 Å². The monoisotopic (exact) mass is 816 g/mol. The Balaban J connectivity index is 0.000000148. The molecule has 4 fully saturated rings. The smallest absolute Gasteiger partial charge is 0.252 e. The van der Waals surface area contributed by atoms with E-state index in [4.69, 9.17) is 36.8 Å². The summed E-state index contributed by atoms with van der Waals surface area (Å²) in [5, 5.41) is 19.5. The second-order valence-corrected chi connectivity index (χ2v) is 15.5. The molecule has 6 aromatic rings. The summed E-state index contributed by atoms with van der Waals surface area (Å²) in [5.74, 6) is 1.85. The van der Waals surface area contributed by atoms with Crippen LogP contribution in [0.5, 0.6) is 11.5 Å². The van der Waals surface area contributed by atoms with Gasteiger partial charge in [0.15, 0.2) is 11.3 Å². The van der Waals surface area contributed by atoms with Gasteiger partial charge in [-0.15, -0.1) is 0 Å². The number of nitrogens with two attached hydrogens (primary N) is 3. The molecule has 18 heteroatoms. The van der Waals surface area contributed by atoms with Gasteiger partial charge in [0, 0.05) is 36.6 Å². The molecule has 2 aliphatic heterocycles. The van der Waals surface area contributed by atoms with E-state index in [-0.39, 0.29) is 17.4 Å². The van der Waals surface area contributed by atoms with Gasteiger partial charge in [0.2, 0.25) is 0 Å². The number of methoxy groups -OCH3 is 2. The zero-order valence-electron chi connectivity index (χ0n) is 34.0. The summed E-state index contributed by atoms with van der Waals surface area (Å²) in [7, 11) is 3.29. The maximum atomic E-state index is 12.0. The van der Waals surface area contributed by atoms with Crippen molar-refractivity contribution in [2.24, 2.45) is 11.5 Å². The summed E-state index contributed by atoms with van der Waals surface area (Å²) in [4.78, 5) is 41.1. The Kier molecular flexibility index (Phi) is 12.0. The van der Waals surface area contributed by atoms with E-state index in [2.05, 4.69) is 36.0 Å². The van der Waals surface area contributed by atoms with Gasteiger partial charge in [-0.1, -0.05) is 6.42 Å². The quantitative estimate of drug-likeness (QED) is 0.114. The molecular weight excluding hydrogens is 765 g/mol. The summed E-state index contributed by atoms with van der Waals surface area (Å²) in [6.45, 7) is 4.33. The van der Waals surface area contributed by atoms with Gasteiger partial charge in [0.1, 0.15) is 45.9 Å². The lowest BCUT2D eigenvalue weighted by Gasteiger charge is -2.25. The summed E-state index contributed by atoms with van der Waals surface area (Å²) < 4.78 is 14.5. The molecule has 2 aliphatic carbocycles. The van der Waals surface area contributed by atoms with Crippen molar-refractivity contribution < 1.29 is 19.1 Å². The van der Waals surface area contributed by atoms with Crippen molar-refractivity contribution in [1.29, 1.82) is 0 Å². The topological polar surface area (TPSA) is 253 Å². The predicted octanol–water partition coefficient (Wildman–Crippen LogP) is 4.06. The summed E-state index contributed by atoms with van der Waals surface area (Å²) in [6.07, 6.45) is 14.2. The van der Waals surface area contributed by atoms with E-state index >= 15 is 0 Å². The van der Waals surface area contributed by atoms with Crippen LogP contribution in [0.3, 0.4) is 0 Å². The molecule has 6 aromatic heterocycles. The highest BCUT2D eigenvalue weighted by molar-refractivity contribution is 5.98. The zero-order valence-corrected chi connectivity index (χ0v) is 34.0. The Hall–Kier alpha value is -6.40. The molecule has 314 valence electrons. The largest absolute Gasteiger partial charge is 0.495 e. The fraction of sp³-hybridized carbons (Fsp3) is 0.429. The van der Waals surface area contributed by atoms with Crippen molar-refractivity contribution in [2.45, 2.75) is 75.7 Å². The van der Waals surface area contributed by atoms with E-state index < -0.39 is 11.8 Å². The second kappa shape index (κ2) is 17.8. The van der Waals surface area contributed by atoms with Gasteiger partial charge in [-0.2, -0.15) is 10.2 Å². The molecule has 0 aromatic carbocycles. The molecule has 18 nitrogen and oxygen atoms in total. The van der Waals surface area contributed by atoms with Crippen molar-refractivity contribution in [2.75, 3.05) is 51.4 Å². The van der Waals surface area contributed by atoms with E-state index in [9.17, 15) is 9.59 Å². The number of hydrogen-bond acceptors (Lipinski definition) is 14. The number of ether oxygens (including phenoxy) is 2. The molecule has 2 saturated heterocycles. The SMILES string of the molecule is C1CCNCC1.COc1cc2ncc(-c3ccc(C(N)=O)c(N)n3)n2nc1C1CC1.COc1cc2ncc(-c3ccc(C(N)=O)c(NC4CCCNC4)n3)n2nc1C1CC1. The van der Waals surface area contributed by atoms with Crippen molar-refractivity contribution in [3.63, 3.8) is 0 Å². The number of carbonyl (C=O) groups is 2. The summed E-state index contributed by atoms with van der Waals surface area (Å²) in [6, 6.07) is 10.7. The van der Waals surface area contributed by atoms with Crippen LogP contribution in [0.25, 0.3) is 34.1 Å². The van der Waals surface area contributed by atoms with Gasteiger partial charge in [-0.05, 0) is 95.3 Å². The molecular formula is C42H52N14O4. The van der Waals surface area contributed by atoms with Gasteiger partial charge in [0.05, 0.1) is 49.1 Å². The lowest BCUT2D eigenvalue weighted by Crippen LogP contribution is -2.39. The number of primary amides is 2. The minimum Gasteiger partial charge on any atom is -0.495 e. The number of carbonyl (C=O) groups excluding carboxylic acids is 2. The molecule has 2 amide bonds. The van der Waals surface area contributed by atoms with Crippen LogP contribution in [-0.4, -0.2) is 97.4 Å². The van der Waals surface area contributed by atoms with Crippen LogP contribution < -0.4 is 42.6 Å². The van der Waals surface area contributed by atoms with Crippen LogP contribution in [0, 0.1) is 0 Å². The predicted molar refractivity (Wildman–Crippen MR) is 227 cm³/mol. The number of hydrogen-bond donors (Lipinski definition) is 6. The second-order valence-electron chi connectivity index (χ2n) is 15.5. The molecule has 0 bridgehead atoms. The Labute approximate surface area is 347 Å². The minimum absolute atomic E-state index is 0.0888. The Morgan fingerprint density at radius 2 is 1.23 bits per heavy atom. The van der Waals surface area contributed by atoms with Gasteiger partial charge >= 0.3 is 0 Å². The van der Waals surface area contributed by atoms with Crippen LogP contribution in [0.2, 0.25) is 0 Å². The average molecular weight is 817 g/mol. The molecule has 2 saturated carbocycles. The van der Waals surface area contributed by atoms with E-state index in [1.807, 2.05) is 12.1 Å². The van der Waals surface area contributed by atoms with Gasteiger partial charge in [-0.25, -0.2) is 29.0 Å². The molecule has 8 heterocycles. The Bertz CT molecular complexity index is 2490. The number of rotatable bonds is 10. The first-order valence-electron chi connectivity index (χ1n) is 20.6. The molecule has 1 atom stereocenters. The third kappa shape index (κ3) is 8.93. The maximum absolute atomic E-state index is 12.0. The first-order chi connectivity index (χ1) is 29.2. The molecule has 60 heavy (non-hydrogen) atoms. The number of piperidine rings is 2. The van der Waals surface area contributed by atoms with E-state index in [0.717, 1.165) is 80.2 Å². The highest BCUT2D eigenvalue weighted by Crippen LogP contribution is 2.44. The fourth-order valence-corrected chi connectivity index (χ4v) is 7.49. The normalized spacial score (nSPS) is 17.5. The fourth-order valence-electron chi connectivity index (χ4n) is 7.49. The number of amides is 2. The number of fused-ring (bicyclic) bond motifs is 2. The number of aromatic nitrogens is 8. The Morgan fingerprint density at radius 1 is 0.700 bits per heavy atom. The van der Waals surface area contributed by atoms with Gasteiger partial charge in [-0.3, -0.25) is 9.59 Å². The summed E-state index contributed by atoms with van der Waals surface area (Å²) in [5.41, 5.74) is 23.2. The molecule has 9 N–H and O–H groups in total. The number of pyridine rings is 2. The minimum atomic E-state index is -0.608. The molecule has 0 spiro atoms. The van der Waals surface area contributed by atoms with Gasteiger partial charge < -0.3 is 42.6 Å². The number of nitrogens with one attached hydrogen (secondary N) is 3. The third-order valence-electron chi connectivity index (χ3n) is 11.1. The summed E-state index contributed by atoms with van der Waals surface area (Å²) >= 11 is 0. The van der Waals surface area contributed by atoms with E-state index in [1.165, 1.54) is 32.4 Å². The van der Waals surface area contributed by atoms with Crippen molar-refractivity contribution >= 4 is 34.7 Å². The lowest BCUT2D eigenvalue weighted by atomic mass is 10.1. The maximum Gasteiger partial charge on any atom is 0.252 e. The molecule has 10 rings (SSSR count).